The SMILES string of the molecule is CCS(=O)(=O)N1CCC(C(=O)Nc2ccc(-c3cnc(C)o3)cc2)(c2ccccc2)CC1. The van der Waals surface area contributed by atoms with Crippen LogP contribution in [0.3, 0.4) is 0 Å². The van der Waals surface area contributed by atoms with Crippen LogP contribution in [0.5, 0.6) is 0 Å². The van der Waals surface area contributed by atoms with Crippen LogP contribution in [0.15, 0.2) is 65.2 Å². The number of nitrogens with one attached hydrogen (secondary N) is 1. The summed E-state index contributed by atoms with van der Waals surface area (Å²) in [5, 5.41) is 3.05. The maximum atomic E-state index is 13.6. The first-order valence-corrected chi connectivity index (χ1v) is 12.3. The fourth-order valence-electron chi connectivity index (χ4n) is 4.20. The highest BCUT2D eigenvalue weighted by Gasteiger charge is 2.44. The van der Waals surface area contributed by atoms with Crippen molar-refractivity contribution in [1.29, 1.82) is 0 Å². The number of hydrogen-bond acceptors (Lipinski definition) is 5. The second kappa shape index (κ2) is 8.88. The van der Waals surface area contributed by atoms with Crippen molar-refractivity contribution in [2.75, 3.05) is 24.2 Å². The molecule has 0 radical (unpaired) electrons. The fourth-order valence-corrected chi connectivity index (χ4v) is 5.30. The molecule has 4 rings (SSSR count). The highest BCUT2D eigenvalue weighted by atomic mass is 32.2. The third-order valence-corrected chi connectivity index (χ3v) is 8.03. The number of nitrogens with zero attached hydrogens (tertiary/aromatic N) is 2. The van der Waals surface area contributed by atoms with Crippen molar-refractivity contribution >= 4 is 21.6 Å². The molecule has 8 heteroatoms. The van der Waals surface area contributed by atoms with E-state index >= 15 is 0 Å². The molecule has 2 heterocycles. The quantitative estimate of drug-likeness (QED) is 0.610. The number of piperidine rings is 1. The maximum absolute atomic E-state index is 13.6. The number of amides is 1. The first kappa shape index (κ1) is 22.2. The molecule has 0 unspecified atom stereocenters. The van der Waals surface area contributed by atoms with Crippen molar-refractivity contribution in [2.24, 2.45) is 0 Å². The number of rotatable bonds is 6. The van der Waals surface area contributed by atoms with Gasteiger partial charge in [0.1, 0.15) is 0 Å². The average molecular weight is 454 g/mol. The topological polar surface area (TPSA) is 92.5 Å². The second-order valence-electron chi connectivity index (χ2n) is 8.02. The average Bonchev–Trinajstić information content (AvgIpc) is 3.26. The lowest BCUT2D eigenvalue weighted by Crippen LogP contribution is -2.51. The van der Waals surface area contributed by atoms with E-state index in [0.717, 1.165) is 11.1 Å². The molecule has 0 bridgehead atoms. The van der Waals surface area contributed by atoms with Gasteiger partial charge in [0.15, 0.2) is 11.7 Å². The van der Waals surface area contributed by atoms with E-state index in [4.69, 9.17) is 4.42 Å². The standard InChI is InChI=1S/C24H27N3O4S/c1-3-32(29,30)27-15-13-24(14-16-27,20-7-5-4-6-8-20)23(28)26-21-11-9-19(10-12-21)22-17-25-18(2)31-22/h4-12,17H,3,13-16H2,1-2H3,(H,26,28). The van der Waals surface area contributed by atoms with Crippen LogP contribution >= 0.6 is 0 Å². The van der Waals surface area contributed by atoms with E-state index in [1.165, 1.54) is 4.31 Å². The monoisotopic (exact) mass is 453 g/mol. The zero-order chi connectivity index (χ0) is 22.8. The third-order valence-electron chi connectivity index (χ3n) is 6.14. The number of aromatic nitrogens is 1. The minimum absolute atomic E-state index is 0.0641. The van der Waals surface area contributed by atoms with E-state index in [1.807, 2.05) is 54.6 Å². The Morgan fingerprint density at radius 3 is 2.31 bits per heavy atom. The summed E-state index contributed by atoms with van der Waals surface area (Å²) in [5.41, 5.74) is 1.66. The number of aryl methyl sites for hydroxylation is 1. The summed E-state index contributed by atoms with van der Waals surface area (Å²) in [6, 6.07) is 17.0. The zero-order valence-corrected chi connectivity index (χ0v) is 19.1. The number of benzene rings is 2. The molecular weight excluding hydrogens is 426 g/mol. The molecule has 3 aromatic rings. The Balaban J connectivity index is 1.56. The summed E-state index contributed by atoms with van der Waals surface area (Å²) in [6.07, 6.45) is 2.53. The second-order valence-corrected chi connectivity index (χ2v) is 10.3. The van der Waals surface area contributed by atoms with Crippen molar-refractivity contribution in [2.45, 2.75) is 32.1 Å². The molecule has 0 aliphatic carbocycles. The number of oxazole rings is 1. The van der Waals surface area contributed by atoms with Crippen LogP contribution in [0.2, 0.25) is 0 Å². The Hall–Kier alpha value is -2.97. The summed E-state index contributed by atoms with van der Waals surface area (Å²) in [7, 11) is -3.28. The van der Waals surface area contributed by atoms with Crippen LogP contribution in [0.25, 0.3) is 11.3 Å². The third kappa shape index (κ3) is 4.33. The molecule has 1 saturated heterocycles. The number of anilines is 1. The van der Waals surface area contributed by atoms with Gasteiger partial charge in [-0.15, -0.1) is 0 Å². The Kier molecular flexibility index (Phi) is 6.17. The predicted octanol–water partition coefficient (Wildman–Crippen LogP) is 3.97. The van der Waals surface area contributed by atoms with Crippen molar-refractivity contribution < 1.29 is 17.6 Å². The summed E-state index contributed by atoms with van der Waals surface area (Å²) < 4.78 is 31.7. The first-order chi connectivity index (χ1) is 15.3. The Labute approximate surface area is 188 Å². The normalized spacial score (nSPS) is 16.6. The Morgan fingerprint density at radius 1 is 1.09 bits per heavy atom. The predicted molar refractivity (Wildman–Crippen MR) is 124 cm³/mol. The smallest absolute Gasteiger partial charge is 0.235 e. The van der Waals surface area contributed by atoms with Gasteiger partial charge in [-0.2, -0.15) is 0 Å². The molecular formula is C24H27N3O4S. The summed E-state index contributed by atoms with van der Waals surface area (Å²) in [4.78, 5) is 17.7. The lowest BCUT2D eigenvalue weighted by Gasteiger charge is -2.40. The number of carbonyl (C=O) groups is 1. The minimum Gasteiger partial charge on any atom is -0.441 e. The Bertz CT molecular complexity index is 1180. The maximum Gasteiger partial charge on any atom is 0.235 e. The van der Waals surface area contributed by atoms with Gasteiger partial charge in [0.2, 0.25) is 15.9 Å². The molecule has 2 aromatic carbocycles. The molecule has 7 nitrogen and oxygen atoms in total. The molecule has 1 aliphatic rings. The van der Waals surface area contributed by atoms with Crippen molar-refractivity contribution in [1.82, 2.24) is 9.29 Å². The Morgan fingerprint density at radius 2 is 1.75 bits per heavy atom. The molecule has 32 heavy (non-hydrogen) atoms. The molecule has 1 amide bonds. The molecule has 1 fully saturated rings. The number of carbonyl (C=O) groups excluding carboxylic acids is 1. The number of sulfonamides is 1. The van der Waals surface area contributed by atoms with Gasteiger partial charge in [-0.05, 0) is 49.6 Å². The van der Waals surface area contributed by atoms with Crippen LogP contribution < -0.4 is 5.32 Å². The van der Waals surface area contributed by atoms with Gasteiger partial charge in [-0.1, -0.05) is 30.3 Å². The van der Waals surface area contributed by atoms with Gasteiger partial charge >= 0.3 is 0 Å². The van der Waals surface area contributed by atoms with Gasteiger partial charge in [-0.25, -0.2) is 17.7 Å². The highest BCUT2D eigenvalue weighted by Crippen LogP contribution is 2.38. The van der Waals surface area contributed by atoms with Gasteiger partial charge in [0.25, 0.3) is 0 Å². The molecule has 168 valence electrons. The molecule has 1 aliphatic heterocycles. The van der Waals surface area contributed by atoms with Crippen LogP contribution in [0.1, 0.15) is 31.2 Å². The van der Waals surface area contributed by atoms with Crippen LogP contribution in [0, 0.1) is 6.92 Å². The van der Waals surface area contributed by atoms with E-state index in [0.29, 0.717) is 43.3 Å². The zero-order valence-electron chi connectivity index (χ0n) is 18.2. The molecule has 1 N–H and O–H groups in total. The van der Waals surface area contributed by atoms with Crippen LogP contribution in [0.4, 0.5) is 5.69 Å². The minimum atomic E-state index is -3.28. The summed E-state index contributed by atoms with van der Waals surface area (Å²) in [5.74, 6) is 1.21. The lowest BCUT2D eigenvalue weighted by molar-refractivity contribution is -0.123. The molecule has 0 spiro atoms. The van der Waals surface area contributed by atoms with E-state index in [-0.39, 0.29) is 11.7 Å². The van der Waals surface area contributed by atoms with Crippen molar-refractivity contribution in [3.8, 4) is 11.3 Å². The largest absolute Gasteiger partial charge is 0.441 e. The van der Waals surface area contributed by atoms with Crippen LogP contribution in [-0.2, 0) is 20.2 Å². The van der Waals surface area contributed by atoms with Gasteiger partial charge < -0.3 is 9.73 Å². The molecule has 0 atom stereocenters. The summed E-state index contributed by atoms with van der Waals surface area (Å²) in [6.45, 7) is 4.08. The van der Waals surface area contributed by atoms with Crippen molar-refractivity contribution in [3.63, 3.8) is 0 Å². The van der Waals surface area contributed by atoms with Gasteiger partial charge in [0, 0.05) is 31.3 Å². The van der Waals surface area contributed by atoms with E-state index < -0.39 is 15.4 Å². The molecule has 0 saturated carbocycles. The van der Waals surface area contributed by atoms with E-state index in [2.05, 4.69) is 10.3 Å². The summed E-state index contributed by atoms with van der Waals surface area (Å²) >= 11 is 0. The van der Waals surface area contributed by atoms with Gasteiger partial charge in [0.05, 0.1) is 17.4 Å². The highest BCUT2D eigenvalue weighted by molar-refractivity contribution is 7.89. The fraction of sp³-hybridized carbons (Fsp3) is 0.333. The van der Waals surface area contributed by atoms with E-state index in [1.54, 1.807) is 20.0 Å². The number of hydrogen-bond donors (Lipinski definition) is 1. The molecule has 1 aromatic heterocycles. The first-order valence-electron chi connectivity index (χ1n) is 10.7. The van der Waals surface area contributed by atoms with E-state index in [9.17, 15) is 13.2 Å². The van der Waals surface area contributed by atoms with Crippen molar-refractivity contribution in [3.05, 3.63) is 72.2 Å². The van der Waals surface area contributed by atoms with Gasteiger partial charge in [-0.3, -0.25) is 4.79 Å². The van der Waals surface area contributed by atoms with Crippen LogP contribution in [-0.4, -0.2) is 42.5 Å². The lowest BCUT2D eigenvalue weighted by atomic mass is 9.72.